The first-order valence-electron chi connectivity index (χ1n) is 9.11. The lowest BCUT2D eigenvalue weighted by Gasteiger charge is -2.09. The van der Waals surface area contributed by atoms with Crippen LogP contribution >= 0.6 is 39.0 Å². The smallest absolute Gasteiger partial charge is 0.191 e. The van der Waals surface area contributed by atoms with Gasteiger partial charge in [0, 0.05) is 38.2 Å². The van der Waals surface area contributed by atoms with Gasteiger partial charge in [0.05, 0.1) is 0 Å². The van der Waals surface area contributed by atoms with Gasteiger partial charge in [0.15, 0.2) is 11.0 Å². The van der Waals surface area contributed by atoms with Crippen LogP contribution in [0.25, 0.3) is 22.5 Å². The van der Waals surface area contributed by atoms with Crippen LogP contribution in [0.15, 0.2) is 69.6 Å². The number of hydrogen-bond acceptors (Lipinski definition) is 4. The Morgan fingerprint density at radius 1 is 1.07 bits per heavy atom. The van der Waals surface area contributed by atoms with Crippen molar-refractivity contribution in [1.82, 2.24) is 14.8 Å². The molecule has 0 aliphatic rings. The van der Waals surface area contributed by atoms with E-state index in [1.165, 1.54) is 21.6 Å². The van der Waals surface area contributed by atoms with Gasteiger partial charge in [0.2, 0.25) is 0 Å². The van der Waals surface area contributed by atoms with E-state index in [1.807, 2.05) is 6.07 Å². The van der Waals surface area contributed by atoms with E-state index in [-0.39, 0.29) is 0 Å². The van der Waals surface area contributed by atoms with Gasteiger partial charge >= 0.3 is 0 Å². The molecular weight excluding hydrogens is 450 g/mol. The molecule has 6 heteroatoms. The SMILES string of the molecule is CCn1c(SCc2cccc(Br)c2)nnc1-c1csc(C)c1-c1ccccc1. The van der Waals surface area contributed by atoms with Gasteiger partial charge in [-0.3, -0.25) is 0 Å². The van der Waals surface area contributed by atoms with E-state index in [4.69, 9.17) is 0 Å². The van der Waals surface area contributed by atoms with Gasteiger partial charge in [-0.05, 0) is 37.1 Å². The number of thiophene rings is 1. The highest BCUT2D eigenvalue weighted by atomic mass is 79.9. The molecule has 0 amide bonds. The summed E-state index contributed by atoms with van der Waals surface area (Å²) in [7, 11) is 0. The van der Waals surface area contributed by atoms with Crippen LogP contribution in [0.3, 0.4) is 0 Å². The molecular formula is C22H20BrN3S2. The number of halogens is 1. The fourth-order valence-corrected chi connectivity index (χ4v) is 5.49. The fourth-order valence-electron chi connectivity index (χ4n) is 3.24. The molecule has 2 heterocycles. The van der Waals surface area contributed by atoms with Crippen LogP contribution in [0.4, 0.5) is 0 Å². The molecule has 0 aliphatic heterocycles. The van der Waals surface area contributed by atoms with Crippen LogP contribution in [0.1, 0.15) is 17.4 Å². The summed E-state index contributed by atoms with van der Waals surface area (Å²) in [6, 6.07) is 18.9. The molecule has 0 radical (unpaired) electrons. The summed E-state index contributed by atoms with van der Waals surface area (Å²) in [5.41, 5.74) is 4.92. The number of hydrogen-bond donors (Lipinski definition) is 0. The lowest BCUT2D eigenvalue weighted by atomic mass is 10.0. The molecule has 28 heavy (non-hydrogen) atoms. The number of nitrogens with zero attached hydrogens (tertiary/aromatic N) is 3. The zero-order chi connectivity index (χ0) is 19.5. The van der Waals surface area contributed by atoms with Crippen molar-refractivity contribution in [2.75, 3.05) is 0 Å². The fraction of sp³-hybridized carbons (Fsp3) is 0.182. The van der Waals surface area contributed by atoms with Gasteiger partial charge in [-0.25, -0.2) is 0 Å². The second-order valence-corrected chi connectivity index (χ2v) is 9.36. The van der Waals surface area contributed by atoms with E-state index in [1.54, 1.807) is 23.1 Å². The Balaban J connectivity index is 1.67. The highest BCUT2D eigenvalue weighted by Gasteiger charge is 2.19. The van der Waals surface area contributed by atoms with Crippen molar-refractivity contribution in [3.8, 4) is 22.5 Å². The first-order valence-corrected chi connectivity index (χ1v) is 11.8. The maximum atomic E-state index is 4.58. The third-order valence-corrected chi connectivity index (χ3v) is 7.01. The summed E-state index contributed by atoms with van der Waals surface area (Å²) < 4.78 is 3.32. The molecule has 142 valence electrons. The Morgan fingerprint density at radius 3 is 2.64 bits per heavy atom. The van der Waals surface area contributed by atoms with Crippen molar-refractivity contribution >= 4 is 39.0 Å². The summed E-state index contributed by atoms with van der Waals surface area (Å²) in [6.07, 6.45) is 0. The quantitative estimate of drug-likeness (QED) is 0.283. The number of rotatable bonds is 6. The van der Waals surface area contributed by atoms with Crippen LogP contribution < -0.4 is 0 Å². The Morgan fingerprint density at radius 2 is 1.89 bits per heavy atom. The molecule has 0 saturated carbocycles. The number of aromatic nitrogens is 3. The van der Waals surface area contributed by atoms with Crippen LogP contribution in [-0.4, -0.2) is 14.8 Å². The molecule has 0 atom stereocenters. The summed E-state index contributed by atoms with van der Waals surface area (Å²) in [5.74, 6) is 1.81. The van der Waals surface area contributed by atoms with Crippen LogP contribution in [-0.2, 0) is 12.3 Å². The first kappa shape index (κ1) is 19.4. The Bertz CT molecular complexity index is 1090. The minimum absolute atomic E-state index is 0.840. The first-order chi connectivity index (χ1) is 13.7. The number of aryl methyl sites for hydroxylation is 1. The van der Waals surface area contributed by atoms with Crippen molar-refractivity contribution in [2.24, 2.45) is 0 Å². The molecule has 3 nitrogen and oxygen atoms in total. The standard InChI is InChI=1S/C22H20BrN3S2/c1-3-26-21(19-14-27-15(2)20(19)17-9-5-4-6-10-17)24-25-22(26)28-13-16-8-7-11-18(23)12-16/h4-12,14H,3,13H2,1-2H3. The average molecular weight is 470 g/mol. The third-order valence-electron chi connectivity index (χ3n) is 4.57. The molecule has 0 bridgehead atoms. The Hall–Kier alpha value is -1.89. The molecule has 4 aromatic rings. The molecule has 0 N–H and O–H groups in total. The largest absolute Gasteiger partial charge is 0.302 e. The Kier molecular flexibility index (Phi) is 5.99. The lowest BCUT2D eigenvalue weighted by molar-refractivity contribution is 0.687. The van der Waals surface area contributed by atoms with Crippen molar-refractivity contribution in [1.29, 1.82) is 0 Å². The van der Waals surface area contributed by atoms with Gasteiger partial charge in [0.25, 0.3) is 0 Å². The highest BCUT2D eigenvalue weighted by molar-refractivity contribution is 9.10. The van der Waals surface area contributed by atoms with E-state index in [0.29, 0.717) is 0 Å². The zero-order valence-corrected chi connectivity index (χ0v) is 18.9. The minimum atomic E-state index is 0.840. The molecule has 2 aromatic heterocycles. The predicted molar refractivity (Wildman–Crippen MR) is 123 cm³/mol. The number of thioether (sulfide) groups is 1. The highest BCUT2D eigenvalue weighted by Crippen LogP contribution is 2.39. The molecule has 0 aliphatic carbocycles. The van der Waals surface area contributed by atoms with Crippen LogP contribution in [0.2, 0.25) is 0 Å². The van der Waals surface area contributed by atoms with E-state index in [0.717, 1.165) is 33.3 Å². The van der Waals surface area contributed by atoms with Crippen molar-refractivity contribution in [3.63, 3.8) is 0 Å². The Labute approximate surface area is 182 Å². The predicted octanol–water partition coefficient (Wildman–Crippen LogP) is 7.06. The van der Waals surface area contributed by atoms with Crippen LogP contribution in [0.5, 0.6) is 0 Å². The van der Waals surface area contributed by atoms with Crippen LogP contribution in [0, 0.1) is 6.92 Å². The topological polar surface area (TPSA) is 30.7 Å². The molecule has 0 spiro atoms. The van der Waals surface area contributed by atoms with Crippen molar-refractivity contribution < 1.29 is 0 Å². The minimum Gasteiger partial charge on any atom is -0.302 e. The van der Waals surface area contributed by atoms with Gasteiger partial charge in [-0.15, -0.1) is 21.5 Å². The van der Waals surface area contributed by atoms with E-state index in [9.17, 15) is 0 Å². The van der Waals surface area contributed by atoms with Gasteiger partial charge in [0.1, 0.15) is 0 Å². The van der Waals surface area contributed by atoms with E-state index >= 15 is 0 Å². The lowest BCUT2D eigenvalue weighted by Crippen LogP contribution is -2.00. The number of benzene rings is 2. The maximum absolute atomic E-state index is 4.58. The summed E-state index contributed by atoms with van der Waals surface area (Å²) in [4.78, 5) is 1.30. The molecule has 4 rings (SSSR count). The normalized spacial score (nSPS) is 11.1. The van der Waals surface area contributed by atoms with Crippen molar-refractivity contribution in [3.05, 3.63) is 74.9 Å². The molecule has 2 aromatic carbocycles. The van der Waals surface area contributed by atoms with Gasteiger partial charge in [-0.2, -0.15) is 0 Å². The summed E-state index contributed by atoms with van der Waals surface area (Å²) in [6.45, 7) is 5.16. The second-order valence-electron chi connectivity index (χ2n) is 6.42. The van der Waals surface area contributed by atoms with E-state index in [2.05, 4.69) is 98.5 Å². The third kappa shape index (κ3) is 3.95. The summed E-state index contributed by atoms with van der Waals surface area (Å²) >= 11 is 7.04. The van der Waals surface area contributed by atoms with Gasteiger partial charge < -0.3 is 4.57 Å². The molecule has 0 saturated heterocycles. The second kappa shape index (κ2) is 8.64. The van der Waals surface area contributed by atoms with Gasteiger partial charge in [-0.1, -0.05) is 70.2 Å². The average Bonchev–Trinajstić information content (AvgIpc) is 3.29. The molecule has 0 unspecified atom stereocenters. The molecule has 0 fully saturated rings. The monoisotopic (exact) mass is 469 g/mol. The zero-order valence-electron chi connectivity index (χ0n) is 15.7. The summed E-state index contributed by atoms with van der Waals surface area (Å²) in [5, 5.41) is 12.3. The maximum Gasteiger partial charge on any atom is 0.191 e. The van der Waals surface area contributed by atoms with Crippen molar-refractivity contribution in [2.45, 2.75) is 31.3 Å². The van der Waals surface area contributed by atoms with E-state index < -0.39 is 0 Å².